The first kappa shape index (κ1) is 12.6. The van der Waals surface area contributed by atoms with E-state index in [2.05, 4.69) is 25.2 Å². The molecule has 0 radical (unpaired) electrons. The number of ether oxygens (including phenoxy) is 1. The van der Waals surface area contributed by atoms with Crippen molar-refractivity contribution >= 4 is 5.91 Å². The van der Waals surface area contributed by atoms with E-state index in [0.717, 1.165) is 5.75 Å². The van der Waals surface area contributed by atoms with E-state index in [0.29, 0.717) is 19.1 Å². The van der Waals surface area contributed by atoms with Gasteiger partial charge in [-0.2, -0.15) is 0 Å². The highest BCUT2D eigenvalue weighted by atomic mass is 16.5. The van der Waals surface area contributed by atoms with E-state index >= 15 is 0 Å². The minimum Gasteiger partial charge on any atom is -0.492 e. The molecular formula is C13H19NO2. The van der Waals surface area contributed by atoms with Crippen molar-refractivity contribution in [2.45, 2.75) is 26.7 Å². The Morgan fingerprint density at radius 3 is 2.81 bits per heavy atom. The summed E-state index contributed by atoms with van der Waals surface area (Å²) in [5.41, 5.74) is 1.26. The third-order valence-corrected chi connectivity index (χ3v) is 2.27. The van der Waals surface area contributed by atoms with Crippen LogP contribution in [0.2, 0.25) is 0 Å². The molecule has 0 spiro atoms. The van der Waals surface area contributed by atoms with Crippen LogP contribution < -0.4 is 10.1 Å². The molecule has 0 saturated carbocycles. The van der Waals surface area contributed by atoms with Gasteiger partial charge in [-0.05, 0) is 23.6 Å². The molecule has 0 aliphatic rings. The number of rotatable bonds is 5. The van der Waals surface area contributed by atoms with Gasteiger partial charge < -0.3 is 10.1 Å². The number of carbonyl (C=O) groups excluding carboxylic acids is 1. The molecule has 1 aromatic carbocycles. The molecule has 1 aromatic rings. The fourth-order valence-electron chi connectivity index (χ4n) is 1.36. The minimum absolute atomic E-state index is 0.0282. The van der Waals surface area contributed by atoms with E-state index < -0.39 is 0 Å². The number of hydrogen-bond donors (Lipinski definition) is 1. The second kappa shape index (κ2) is 6.16. The van der Waals surface area contributed by atoms with E-state index in [4.69, 9.17) is 4.74 Å². The van der Waals surface area contributed by atoms with E-state index in [1.54, 1.807) is 0 Å². The zero-order chi connectivity index (χ0) is 12.0. The Bertz CT molecular complexity index is 348. The topological polar surface area (TPSA) is 38.3 Å². The Kier molecular flexibility index (Phi) is 4.83. The van der Waals surface area contributed by atoms with Gasteiger partial charge in [0, 0.05) is 6.92 Å². The van der Waals surface area contributed by atoms with Gasteiger partial charge in [-0.15, -0.1) is 0 Å². The molecule has 1 rings (SSSR count). The van der Waals surface area contributed by atoms with Gasteiger partial charge in [-0.1, -0.05) is 26.0 Å². The summed E-state index contributed by atoms with van der Waals surface area (Å²) in [5.74, 6) is 1.33. The van der Waals surface area contributed by atoms with Crippen molar-refractivity contribution in [1.29, 1.82) is 0 Å². The van der Waals surface area contributed by atoms with Crippen LogP contribution in [0.3, 0.4) is 0 Å². The number of amides is 1. The third kappa shape index (κ3) is 4.34. The first-order valence-electron chi connectivity index (χ1n) is 5.57. The van der Waals surface area contributed by atoms with Crippen LogP contribution in [0.1, 0.15) is 32.3 Å². The first-order chi connectivity index (χ1) is 7.59. The van der Waals surface area contributed by atoms with Crippen LogP contribution in [0.5, 0.6) is 5.75 Å². The Labute approximate surface area is 96.8 Å². The molecule has 0 aromatic heterocycles. The lowest BCUT2D eigenvalue weighted by molar-refractivity contribution is -0.119. The van der Waals surface area contributed by atoms with Crippen molar-refractivity contribution in [3.8, 4) is 5.75 Å². The average Bonchev–Trinajstić information content (AvgIpc) is 2.24. The molecule has 0 bridgehead atoms. The van der Waals surface area contributed by atoms with Gasteiger partial charge >= 0.3 is 0 Å². The molecule has 0 aliphatic carbocycles. The highest BCUT2D eigenvalue weighted by molar-refractivity contribution is 5.72. The normalized spacial score (nSPS) is 10.2. The first-order valence-corrected chi connectivity index (χ1v) is 5.57. The quantitative estimate of drug-likeness (QED) is 0.775. The minimum atomic E-state index is -0.0282. The van der Waals surface area contributed by atoms with Crippen molar-refractivity contribution in [3.63, 3.8) is 0 Å². The summed E-state index contributed by atoms with van der Waals surface area (Å²) in [6, 6.07) is 8.05. The standard InChI is InChI=1S/C13H19NO2/c1-10(2)12-5-4-6-13(9-12)16-8-7-14-11(3)15/h4-6,9-10H,7-8H2,1-3H3,(H,14,15). The van der Waals surface area contributed by atoms with Crippen LogP contribution >= 0.6 is 0 Å². The molecule has 0 fully saturated rings. The fourth-order valence-corrected chi connectivity index (χ4v) is 1.36. The second-order valence-corrected chi connectivity index (χ2v) is 4.06. The van der Waals surface area contributed by atoms with Crippen LogP contribution in [0.25, 0.3) is 0 Å². The monoisotopic (exact) mass is 221 g/mol. The smallest absolute Gasteiger partial charge is 0.216 e. The lowest BCUT2D eigenvalue weighted by Crippen LogP contribution is -2.25. The number of hydrogen-bond acceptors (Lipinski definition) is 2. The predicted molar refractivity (Wildman–Crippen MR) is 64.7 cm³/mol. The highest BCUT2D eigenvalue weighted by Gasteiger charge is 2.00. The van der Waals surface area contributed by atoms with Crippen LogP contribution in [0.15, 0.2) is 24.3 Å². The zero-order valence-corrected chi connectivity index (χ0v) is 10.1. The van der Waals surface area contributed by atoms with E-state index in [9.17, 15) is 4.79 Å². The van der Waals surface area contributed by atoms with Crippen LogP contribution in [-0.4, -0.2) is 19.1 Å². The molecule has 88 valence electrons. The number of carbonyl (C=O) groups is 1. The Hall–Kier alpha value is -1.51. The van der Waals surface area contributed by atoms with Crippen molar-refractivity contribution < 1.29 is 9.53 Å². The average molecular weight is 221 g/mol. The van der Waals surface area contributed by atoms with Crippen molar-refractivity contribution in [1.82, 2.24) is 5.32 Å². The maximum Gasteiger partial charge on any atom is 0.216 e. The van der Waals surface area contributed by atoms with E-state index in [-0.39, 0.29) is 5.91 Å². The van der Waals surface area contributed by atoms with Gasteiger partial charge in [0.1, 0.15) is 12.4 Å². The van der Waals surface area contributed by atoms with Gasteiger partial charge in [0.25, 0.3) is 0 Å². The largest absolute Gasteiger partial charge is 0.492 e. The molecule has 1 N–H and O–H groups in total. The van der Waals surface area contributed by atoms with E-state index in [1.165, 1.54) is 12.5 Å². The summed E-state index contributed by atoms with van der Waals surface area (Å²) < 4.78 is 5.53. The molecular weight excluding hydrogens is 202 g/mol. The highest BCUT2D eigenvalue weighted by Crippen LogP contribution is 2.19. The van der Waals surface area contributed by atoms with Gasteiger partial charge in [0.15, 0.2) is 0 Å². The summed E-state index contributed by atoms with van der Waals surface area (Å²) in [7, 11) is 0. The lowest BCUT2D eigenvalue weighted by atomic mass is 10.0. The van der Waals surface area contributed by atoms with Gasteiger partial charge in [0.05, 0.1) is 6.54 Å². The zero-order valence-electron chi connectivity index (χ0n) is 10.1. The Morgan fingerprint density at radius 2 is 2.19 bits per heavy atom. The summed E-state index contributed by atoms with van der Waals surface area (Å²) >= 11 is 0. The fraction of sp³-hybridized carbons (Fsp3) is 0.462. The lowest BCUT2D eigenvalue weighted by Gasteiger charge is -2.10. The van der Waals surface area contributed by atoms with Crippen LogP contribution in [0.4, 0.5) is 0 Å². The van der Waals surface area contributed by atoms with Crippen molar-refractivity contribution in [2.24, 2.45) is 0 Å². The molecule has 0 unspecified atom stereocenters. The van der Waals surface area contributed by atoms with Gasteiger partial charge in [-0.25, -0.2) is 0 Å². The Balaban J connectivity index is 2.42. The van der Waals surface area contributed by atoms with Crippen molar-refractivity contribution in [3.05, 3.63) is 29.8 Å². The Morgan fingerprint density at radius 1 is 1.44 bits per heavy atom. The van der Waals surface area contributed by atoms with Crippen LogP contribution in [-0.2, 0) is 4.79 Å². The summed E-state index contributed by atoms with van der Waals surface area (Å²) in [6.45, 7) is 6.84. The maximum atomic E-state index is 10.6. The molecule has 16 heavy (non-hydrogen) atoms. The molecule has 3 nitrogen and oxygen atoms in total. The molecule has 0 heterocycles. The summed E-state index contributed by atoms with van der Waals surface area (Å²) in [6.07, 6.45) is 0. The van der Waals surface area contributed by atoms with Crippen LogP contribution in [0, 0.1) is 0 Å². The van der Waals surface area contributed by atoms with Gasteiger partial charge in [-0.3, -0.25) is 4.79 Å². The maximum absolute atomic E-state index is 10.6. The summed E-state index contributed by atoms with van der Waals surface area (Å²) in [4.78, 5) is 10.6. The van der Waals surface area contributed by atoms with Crippen molar-refractivity contribution in [2.75, 3.05) is 13.2 Å². The number of benzene rings is 1. The number of nitrogens with one attached hydrogen (secondary N) is 1. The van der Waals surface area contributed by atoms with Gasteiger partial charge in [0.2, 0.25) is 5.91 Å². The second-order valence-electron chi connectivity index (χ2n) is 4.06. The molecule has 0 atom stereocenters. The molecule has 1 amide bonds. The predicted octanol–water partition coefficient (Wildman–Crippen LogP) is 2.32. The third-order valence-electron chi connectivity index (χ3n) is 2.27. The molecule has 0 saturated heterocycles. The molecule has 3 heteroatoms. The molecule has 0 aliphatic heterocycles. The summed E-state index contributed by atoms with van der Waals surface area (Å²) in [5, 5.41) is 2.69. The van der Waals surface area contributed by atoms with E-state index in [1.807, 2.05) is 18.2 Å². The SMILES string of the molecule is CC(=O)NCCOc1cccc(C(C)C)c1.